The fourth-order valence-corrected chi connectivity index (χ4v) is 5.63. The number of pyridine rings is 1. The molecule has 3 aromatic rings. The summed E-state index contributed by atoms with van der Waals surface area (Å²) in [5.41, 5.74) is -0.412. The second-order valence-corrected chi connectivity index (χ2v) is 9.42. The summed E-state index contributed by atoms with van der Waals surface area (Å²) in [6.07, 6.45) is 2.52. The fraction of sp³-hybridized carbons (Fsp3) is 0.261. The Balaban J connectivity index is 1.62. The molecule has 1 N–H and O–H groups in total. The van der Waals surface area contributed by atoms with Gasteiger partial charge in [-0.2, -0.15) is 4.31 Å². The van der Waals surface area contributed by atoms with Gasteiger partial charge in [0.25, 0.3) is 0 Å². The fourth-order valence-electron chi connectivity index (χ4n) is 4.14. The Morgan fingerprint density at radius 3 is 2.17 bits per heavy atom. The van der Waals surface area contributed by atoms with Crippen molar-refractivity contribution in [2.75, 3.05) is 13.1 Å². The first-order valence-electron chi connectivity index (χ1n) is 9.87. The van der Waals surface area contributed by atoms with Crippen LogP contribution in [0.1, 0.15) is 24.1 Å². The quantitative estimate of drug-likeness (QED) is 0.677. The Labute approximate surface area is 175 Å². The molecular formula is C23H23FN2O3S. The lowest BCUT2D eigenvalue weighted by Crippen LogP contribution is -2.46. The van der Waals surface area contributed by atoms with Crippen molar-refractivity contribution in [1.29, 1.82) is 0 Å². The molecule has 1 aromatic heterocycles. The predicted molar refractivity (Wildman–Crippen MR) is 112 cm³/mol. The van der Waals surface area contributed by atoms with Crippen molar-refractivity contribution in [2.24, 2.45) is 5.92 Å². The van der Waals surface area contributed by atoms with E-state index in [0.29, 0.717) is 24.1 Å². The van der Waals surface area contributed by atoms with Crippen LogP contribution in [-0.4, -0.2) is 35.9 Å². The Hall–Kier alpha value is -2.61. The minimum atomic E-state index is -3.58. The summed E-state index contributed by atoms with van der Waals surface area (Å²) in [7, 11) is -3.58. The second kappa shape index (κ2) is 8.26. The number of nitrogens with zero attached hydrogens (tertiary/aromatic N) is 2. The zero-order valence-electron chi connectivity index (χ0n) is 16.4. The third kappa shape index (κ3) is 3.76. The Bertz CT molecular complexity index is 1080. The van der Waals surface area contributed by atoms with Gasteiger partial charge in [-0.3, -0.25) is 4.98 Å². The number of aliphatic hydroxyl groups is 1. The molecule has 0 bridgehead atoms. The lowest BCUT2D eigenvalue weighted by atomic mass is 9.74. The van der Waals surface area contributed by atoms with E-state index < -0.39 is 15.6 Å². The zero-order valence-corrected chi connectivity index (χ0v) is 17.2. The largest absolute Gasteiger partial charge is 0.378 e. The van der Waals surface area contributed by atoms with Crippen LogP contribution in [-0.2, 0) is 15.6 Å². The highest BCUT2D eigenvalue weighted by Gasteiger charge is 2.44. The van der Waals surface area contributed by atoms with Gasteiger partial charge < -0.3 is 5.11 Å². The molecule has 30 heavy (non-hydrogen) atoms. The molecule has 0 aliphatic carbocycles. The summed E-state index contributed by atoms with van der Waals surface area (Å²) >= 11 is 0. The molecule has 1 unspecified atom stereocenters. The monoisotopic (exact) mass is 426 g/mol. The van der Waals surface area contributed by atoms with Gasteiger partial charge in [0.1, 0.15) is 11.4 Å². The highest BCUT2D eigenvalue weighted by molar-refractivity contribution is 7.89. The molecule has 1 saturated heterocycles. The Kier molecular flexibility index (Phi) is 5.69. The van der Waals surface area contributed by atoms with Gasteiger partial charge in [0.15, 0.2) is 0 Å². The van der Waals surface area contributed by atoms with Crippen molar-refractivity contribution >= 4 is 10.0 Å². The molecule has 1 aliphatic heterocycles. The summed E-state index contributed by atoms with van der Waals surface area (Å²) < 4.78 is 40.8. The number of piperidine rings is 1. The average Bonchev–Trinajstić information content (AvgIpc) is 2.80. The molecule has 2 aromatic carbocycles. The highest BCUT2D eigenvalue weighted by atomic mass is 32.2. The van der Waals surface area contributed by atoms with Gasteiger partial charge >= 0.3 is 0 Å². The Morgan fingerprint density at radius 2 is 1.57 bits per heavy atom. The van der Waals surface area contributed by atoms with E-state index in [9.17, 15) is 17.9 Å². The summed E-state index contributed by atoms with van der Waals surface area (Å²) in [5.74, 6) is -0.647. The molecule has 0 spiro atoms. The van der Waals surface area contributed by atoms with Gasteiger partial charge in [-0.1, -0.05) is 36.4 Å². The zero-order chi connectivity index (χ0) is 21.2. The standard InChI is InChI=1S/C23H23FN2O3S/c24-20-11-9-18(10-12-20)23(27,22-8-4-5-15-25-22)19-13-16-26(17-14-19)30(28,29)21-6-2-1-3-7-21/h1-12,15,19,27H,13-14,16-17H2. The van der Waals surface area contributed by atoms with E-state index in [1.54, 1.807) is 66.9 Å². The van der Waals surface area contributed by atoms with E-state index in [1.807, 2.05) is 0 Å². The Morgan fingerprint density at radius 1 is 0.933 bits per heavy atom. The number of hydrogen-bond acceptors (Lipinski definition) is 4. The number of aromatic nitrogens is 1. The molecule has 0 radical (unpaired) electrons. The lowest BCUT2D eigenvalue weighted by Gasteiger charge is -2.41. The molecule has 1 aliphatic rings. The van der Waals surface area contributed by atoms with Gasteiger partial charge in [-0.05, 0) is 54.8 Å². The average molecular weight is 427 g/mol. The van der Waals surface area contributed by atoms with E-state index in [1.165, 1.54) is 16.4 Å². The minimum absolute atomic E-state index is 0.264. The van der Waals surface area contributed by atoms with Crippen LogP contribution in [0.4, 0.5) is 4.39 Å². The third-order valence-electron chi connectivity index (χ3n) is 5.77. The first-order valence-corrected chi connectivity index (χ1v) is 11.3. The van der Waals surface area contributed by atoms with Crippen molar-refractivity contribution in [1.82, 2.24) is 9.29 Å². The van der Waals surface area contributed by atoms with E-state index in [0.717, 1.165) is 0 Å². The predicted octanol–water partition coefficient (Wildman–Crippen LogP) is 3.56. The van der Waals surface area contributed by atoms with Gasteiger partial charge in [0.05, 0.1) is 10.6 Å². The number of rotatable bonds is 5. The number of benzene rings is 2. The van der Waals surface area contributed by atoms with Gasteiger partial charge in [0.2, 0.25) is 10.0 Å². The van der Waals surface area contributed by atoms with Gasteiger partial charge in [0, 0.05) is 25.2 Å². The van der Waals surface area contributed by atoms with E-state index >= 15 is 0 Å². The van der Waals surface area contributed by atoms with Crippen molar-refractivity contribution in [3.05, 3.63) is 96.1 Å². The van der Waals surface area contributed by atoms with Crippen molar-refractivity contribution in [2.45, 2.75) is 23.3 Å². The minimum Gasteiger partial charge on any atom is -0.378 e. The van der Waals surface area contributed by atoms with Crippen LogP contribution in [0.5, 0.6) is 0 Å². The highest BCUT2D eigenvalue weighted by Crippen LogP contribution is 2.41. The number of halogens is 1. The maximum absolute atomic E-state index is 13.5. The van der Waals surface area contributed by atoms with Crippen LogP contribution in [0.15, 0.2) is 83.9 Å². The number of hydrogen-bond donors (Lipinski definition) is 1. The molecule has 0 amide bonds. The second-order valence-electron chi connectivity index (χ2n) is 7.48. The van der Waals surface area contributed by atoms with E-state index in [-0.39, 0.29) is 29.7 Å². The molecule has 5 nitrogen and oxygen atoms in total. The maximum Gasteiger partial charge on any atom is 0.243 e. The van der Waals surface area contributed by atoms with E-state index in [2.05, 4.69) is 4.98 Å². The maximum atomic E-state index is 13.5. The van der Waals surface area contributed by atoms with Crippen molar-refractivity contribution < 1.29 is 17.9 Å². The van der Waals surface area contributed by atoms with Crippen LogP contribution < -0.4 is 0 Å². The normalized spacial score (nSPS) is 18.1. The molecular weight excluding hydrogens is 403 g/mol. The summed E-state index contributed by atoms with van der Waals surface area (Å²) in [6.45, 7) is 0.580. The molecule has 0 saturated carbocycles. The molecule has 7 heteroatoms. The van der Waals surface area contributed by atoms with Crippen molar-refractivity contribution in [3.8, 4) is 0 Å². The van der Waals surface area contributed by atoms with Crippen LogP contribution in [0.2, 0.25) is 0 Å². The molecule has 2 heterocycles. The SMILES string of the molecule is O=S(=O)(c1ccccc1)N1CCC(C(O)(c2ccc(F)cc2)c2ccccn2)CC1. The summed E-state index contributed by atoms with van der Waals surface area (Å²) in [5, 5.41) is 11.8. The van der Waals surface area contributed by atoms with Crippen molar-refractivity contribution in [3.63, 3.8) is 0 Å². The first kappa shape index (κ1) is 20.7. The molecule has 1 fully saturated rings. The summed E-state index contributed by atoms with van der Waals surface area (Å²) in [4.78, 5) is 4.63. The molecule has 1 atom stereocenters. The lowest BCUT2D eigenvalue weighted by molar-refractivity contribution is -0.00892. The van der Waals surface area contributed by atoms with Crippen LogP contribution >= 0.6 is 0 Å². The van der Waals surface area contributed by atoms with Gasteiger partial charge in [-0.15, -0.1) is 0 Å². The number of sulfonamides is 1. The van der Waals surface area contributed by atoms with Crippen LogP contribution in [0.3, 0.4) is 0 Å². The molecule has 4 rings (SSSR count). The smallest absolute Gasteiger partial charge is 0.243 e. The van der Waals surface area contributed by atoms with E-state index in [4.69, 9.17) is 0 Å². The summed E-state index contributed by atoms with van der Waals surface area (Å²) in [6, 6.07) is 19.4. The first-order chi connectivity index (χ1) is 14.4. The van der Waals surface area contributed by atoms with Crippen LogP contribution in [0, 0.1) is 11.7 Å². The topological polar surface area (TPSA) is 70.5 Å². The van der Waals surface area contributed by atoms with Gasteiger partial charge in [-0.25, -0.2) is 12.8 Å². The molecule has 156 valence electrons. The third-order valence-corrected chi connectivity index (χ3v) is 7.68. The van der Waals surface area contributed by atoms with Crippen LogP contribution in [0.25, 0.3) is 0 Å².